The minimum atomic E-state index is -0.104. The van der Waals surface area contributed by atoms with Crippen molar-refractivity contribution in [1.29, 1.82) is 0 Å². The monoisotopic (exact) mass is 327 g/mol. The van der Waals surface area contributed by atoms with Crippen LogP contribution in [0.3, 0.4) is 0 Å². The van der Waals surface area contributed by atoms with Crippen LogP contribution >= 0.6 is 0 Å². The maximum absolute atomic E-state index is 11.4. The van der Waals surface area contributed by atoms with Gasteiger partial charge >= 0.3 is 0 Å². The molecule has 0 unspecified atom stereocenters. The molecule has 0 radical (unpaired) electrons. The lowest BCUT2D eigenvalue weighted by Gasteiger charge is -2.26. The molecule has 0 N–H and O–H groups in total. The van der Waals surface area contributed by atoms with Crippen molar-refractivity contribution in [3.63, 3.8) is 0 Å². The van der Waals surface area contributed by atoms with E-state index in [1.165, 1.54) is 43.1 Å². The summed E-state index contributed by atoms with van der Waals surface area (Å²) in [5, 5.41) is 4.26. The lowest BCUT2D eigenvalue weighted by atomic mass is 10.1. The highest BCUT2D eigenvalue weighted by Crippen LogP contribution is 2.20. The molecular formula is C19H25N3O2. The maximum Gasteiger partial charge on any atom is 0.266 e. The molecule has 128 valence electrons. The Bertz CT molecular complexity index is 703. The van der Waals surface area contributed by atoms with Gasteiger partial charge in [-0.1, -0.05) is 6.42 Å². The third kappa shape index (κ3) is 4.45. The average molecular weight is 327 g/mol. The van der Waals surface area contributed by atoms with Gasteiger partial charge in [0.05, 0.1) is 12.3 Å². The van der Waals surface area contributed by atoms with Gasteiger partial charge in [-0.3, -0.25) is 4.79 Å². The van der Waals surface area contributed by atoms with Crippen LogP contribution in [0.4, 0.5) is 0 Å². The number of piperidine rings is 1. The van der Waals surface area contributed by atoms with Gasteiger partial charge in [0.1, 0.15) is 5.75 Å². The van der Waals surface area contributed by atoms with Crippen molar-refractivity contribution in [2.24, 2.45) is 7.05 Å². The summed E-state index contributed by atoms with van der Waals surface area (Å²) in [5.74, 6) is 0.877. The van der Waals surface area contributed by atoms with E-state index in [2.05, 4.69) is 10.00 Å². The fourth-order valence-electron chi connectivity index (χ4n) is 3.04. The van der Waals surface area contributed by atoms with Crippen molar-refractivity contribution in [2.75, 3.05) is 26.2 Å². The van der Waals surface area contributed by atoms with Crippen LogP contribution in [0, 0.1) is 0 Å². The summed E-state index contributed by atoms with van der Waals surface area (Å²) in [4.78, 5) is 13.9. The standard InChI is InChI=1S/C19H25N3O2/c1-21-19(23)11-10-18(20-21)16-6-8-17(9-7-16)24-15-5-14-22-12-3-2-4-13-22/h6-11H,2-5,12-15H2,1H3. The SMILES string of the molecule is Cn1nc(-c2ccc(OCCCN3CCCCC3)cc2)ccc1=O. The summed E-state index contributed by atoms with van der Waals surface area (Å²) in [6, 6.07) is 11.2. The normalized spacial score (nSPS) is 15.4. The van der Waals surface area contributed by atoms with E-state index < -0.39 is 0 Å². The molecule has 1 aliphatic heterocycles. The summed E-state index contributed by atoms with van der Waals surface area (Å²) in [6.45, 7) is 4.34. The van der Waals surface area contributed by atoms with E-state index >= 15 is 0 Å². The van der Waals surface area contributed by atoms with Crippen molar-refractivity contribution in [3.05, 3.63) is 46.8 Å². The van der Waals surface area contributed by atoms with Crippen molar-refractivity contribution in [2.45, 2.75) is 25.7 Å². The zero-order valence-corrected chi connectivity index (χ0v) is 14.3. The van der Waals surface area contributed by atoms with Crippen molar-refractivity contribution >= 4 is 0 Å². The Labute approximate surface area is 142 Å². The molecule has 1 fully saturated rings. The highest BCUT2D eigenvalue weighted by molar-refractivity contribution is 5.59. The Morgan fingerprint density at radius 3 is 2.50 bits per heavy atom. The summed E-state index contributed by atoms with van der Waals surface area (Å²) in [7, 11) is 1.66. The van der Waals surface area contributed by atoms with Crippen molar-refractivity contribution in [1.82, 2.24) is 14.7 Å². The first-order valence-electron chi connectivity index (χ1n) is 8.72. The second-order valence-corrected chi connectivity index (χ2v) is 6.31. The number of likely N-dealkylation sites (tertiary alicyclic amines) is 1. The van der Waals surface area contributed by atoms with Gasteiger partial charge in [-0.25, -0.2) is 4.68 Å². The van der Waals surface area contributed by atoms with Gasteiger partial charge in [0.15, 0.2) is 0 Å². The van der Waals surface area contributed by atoms with Gasteiger partial charge in [-0.05, 0) is 62.7 Å². The van der Waals surface area contributed by atoms with Crippen LogP contribution in [0.5, 0.6) is 5.75 Å². The maximum atomic E-state index is 11.4. The van der Waals surface area contributed by atoms with Gasteiger partial charge in [0.2, 0.25) is 0 Å². The molecule has 0 bridgehead atoms. The summed E-state index contributed by atoms with van der Waals surface area (Å²) < 4.78 is 7.18. The predicted molar refractivity (Wildman–Crippen MR) is 95.3 cm³/mol. The predicted octanol–water partition coefficient (Wildman–Crippen LogP) is 2.70. The van der Waals surface area contributed by atoms with Crippen LogP contribution < -0.4 is 10.3 Å². The number of hydrogen-bond donors (Lipinski definition) is 0. The first kappa shape index (κ1) is 16.7. The highest BCUT2D eigenvalue weighted by Gasteiger charge is 2.09. The highest BCUT2D eigenvalue weighted by atomic mass is 16.5. The number of nitrogens with zero attached hydrogens (tertiary/aromatic N) is 3. The molecule has 0 aliphatic carbocycles. The van der Waals surface area contributed by atoms with E-state index in [4.69, 9.17) is 4.74 Å². The van der Waals surface area contributed by atoms with Gasteiger partial charge in [0.25, 0.3) is 5.56 Å². The van der Waals surface area contributed by atoms with E-state index in [-0.39, 0.29) is 5.56 Å². The average Bonchev–Trinajstić information content (AvgIpc) is 2.62. The summed E-state index contributed by atoms with van der Waals surface area (Å²) in [5.41, 5.74) is 1.66. The number of hydrogen-bond acceptors (Lipinski definition) is 4. The number of aryl methyl sites for hydroxylation is 1. The second-order valence-electron chi connectivity index (χ2n) is 6.31. The Kier molecular flexibility index (Phi) is 5.64. The zero-order chi connectivity index (χ0) is 16.8. The van der Waals surface area contributed by atoms with Crippen LogP contribution in [0.15, 0.2) is 41.2 Å². The molecule has 0 saturated carbocycles. The topological polar surface area (TPSA) is 47.4 Å². The molecule has 5 heteroatoms. The quantitative estimate of drug-likeness (QED) is 0.766. The Morgan fingerprint density at radius 2 is 1.79 bits per heavy atom. The third-order valence-electron chi connectivity index (χ3n) is 4.45. The molecule has 1 aliphatic rings. The molecule has 24 heavy (non-hydrogen) atoms. The smallest absolute Gasteiger partial charge is 0.266 e. The second kappa shape index (κ2) is 8.11. The molecule has 1 aromatic heterocycles. The molecule has 2 heterocycles. The van der Waals surface area contributed by atoms with E-state index in [0.29, 0.717) is 0 Å². The fraction of sp³-hybridized carbons (Fsp3) is 0.474. The number of benzene rings is 1. The first-order valence-corrected chi connectivity index (χ1v) is 8.72. The first-order chi connectivity index (χ1) is 11.7. The number of aromatic nitrogens is 2. The van der Waals surface area contributed by atoms with E-state index in [1.807, 2.05) is 24.3 Å². The minimum Gasteiger partial charge on any atom is -0.494 e. The number of rotatable bonds is 6. The van der Waals surface area contributed by atoms with Crippen LogP contribution in [0.2, 0.25) is 0 Å². The molecule has 2 aromatic rings. The van der Waals surface area contributed by atoms with Crippen LogP contribution in [-0.2, 0) is 7.05 Å². The van der Waals surface area contributed by atoms with Crippen LogP contribution in [0.1, 0.15) is 25.7 Å². The van der Waals surface area contributed by atoms with Gasteiger partial charge in [-0.2, -0.15) is 5.10 Å². The minimum absolute atomic E-state index is 0.104. The molecule has 0 amide bonds. The van der Waals surface area contributed by atoms with Crippen LogP contribution in [-0.4, -0.2) is 40.9 Å². The molecule has 0 spiro atoms. The summed E-state index contributed by atoms with van der Waals surface area (Å²) >= 11 is 0. The lowest BCUT2D eigenvalue weighted by molar-refractivity contribution is 0.205. The lowest BCUT2D eigenvalue weighted by Crippen LogP contribution is -2.31. The van der Waals surface area contributed by atoms with Gasteiger partial charge in [-0.15, -0.1) is 0 Å². The fourth-order valence-corrected chi connectivity index (χ4v) is 3.04. The Hall–Kier alpha value is -2.14. The van der Waals surface area contributed by atoms with Gasteiger partial charge in [0, 0.05) is 25.2 Å². The van der Waals surface area contributed by atoms with Crippen LogP contribution in [0.25, 0.3) is 11.3 Å². The zero-order valence-electron chi connectivity index (χ0n) is 14.3. The van der Waals surface area contributed by atoms with Gasteiger partial charge < -0.3 is 9.64 Å². The molecule has 3 rings (SSSR count). The third-order valence-corrected chi connectivity index (χ3v) is 4.45. The molecule has 1 aromatic carbocycles. The number of ether oxygens (including phenoxy) is 1. The van der Waals surface area contributed by atoms with E-state index in [1.54, 1.807) is 13.1 Å². The van der Waals surface area contributed by atoms with E-state index in [9.17, 15) is 4.79 Å². The van der Waals surface area contributed by atoms with Crippen molar-refractivity contribution < 1.29 is 4.74 Å². The molecule has 0 atom stereocenters. The molecule has 5 nitrogen and oxygen atoms in total. The van der Waals surface area contributed by atoms with E-state index in [0.717, 1.165) is 36.6 Å². The largest absolute Gasteiger partial charge is 0.494 e. The Morgan fingerprint density at radius 1 is 1.04 bits per heavy atom. The Balaban J connectivity index is 1.49. The molecule has 1 saturated heterocycles. The molecular weight excluding hydrogens is 302 g/mol. The van der Waals surface area contributed by atoms with Crippen molar-refractivity contribution in [3.8, 4) is 17.0 Å². The summed E-state index contributed by atoms with van der Waals surface area (Å²) in [6.07, 6.45) is 5.11.